The first kappa shape index (κ1) is 16.6. The van der Waals surface area contributed by atoms with Gasteiger partial charge in [0.25, 0.3) is 0 Å². The third-order valence-electron chi connectivity index (χ3n) is 5.13. The first-order valence-corrected chi connectivity index (χ1v) is 9.10. The van der Waals surface area contributed by atoms with E-state index in [1.807, 2.05) is 30.3 Å². The Labute approximate surface area is 154 Å². The molecule has 2 aliphatic rings. The molecule has 0 bridgehead atoms. The van der Waals surface area contributed by atoms with Crippen LogP contribution in [0, 0.1) is 0 Å². The molecule has 26 heavy (non-hydrogen) atoms. The van der Waals surface area contributed by atoms with Crippen molar-refractivity contribution in [3.8, 4) is 5.75 Å². The number of aryl methyl sites for hydroxylation is 1. The number of methoxy groups -OCH3 is 1. The van der Waals surface area contributed by atoms with Crippen molar-refractivity contribution in [3.63, 3.8) is 0 Å². The highest BCUT2D eigenvalue weighted by Gasteiger charge is 2.26. The molecule has 2 aromatic rings. The summed E-state index contributed by atoms with van der Waals surface area (Å²) in [6, 6.07) is 16.2. The molecule has 0 amide bonds. The number of benzene rings is 2. The summed E-state index contributed by atoms with van der Waals surface area (Å²) in [4.78, 5) is 12.7. The van der Waals surface area contributed by atoms with Gasteiger partial charge in [-0.3, -0.25) is 4.79 Å². The Morgan fingerprint density at radius 1 is 1.08 bits per heavy atom. The lowest BCUT2D eigenvalue weighted by molar-refractivity contribution is 0.103. The normalized spacial score (nSPS) is 17.3. The summed E-state index contributed by atoms with van der Waals surface area (Å²) in [7, 11) is 1.69. The second-order valence-electron chi connectivity index (χ2n) is 6.82. The van der Waals surface area contributed by atoms with E-state index in [1.54, 1.807) is 7.11 Å². The Hall–Kier alpha value is -2.87. The summed E-state index contributed by atoms with van der Waals surface area (Å²) >= 11 is 0. The van der Waals surface area contributed by atoms with Gasteiger partial charge in [-0.15, -0.1) is 0 Å². The summed E-state index contributed by atoms with van der Waals surface area (Å²) in [5.74, 6) is 1.07. The second-order valence-corrected chi connectivity index (χ2v) is 6.82. The number of allylic oxidation sites excluding steroid dienone is 6. The molecule has 0 N–H and O–H groups in total. The SMILES string of the molecule is COc1ccc(CCC=C2C=C3Cc4ccccc4C(=O)C3=CC2)cc1. The second kappa shape index (κ2) is 7.17. The van der Waals surface area contributed by atoms with Gasteiger partial charge in [0.2, 0.25) is 0 Å². The van der Waals surface area contributed by atoms with Gasteiger partial charge in [0.05, 0.1) is 7.11 Å². The Kier molecular flexibility index (Phi) is 4.57. The molecular weight excluding hydrogens is 320 g/mol. The van der Waals surface area contributed by atoms with Crippen molar-refractivity contribution in [1.82, 2.24) is 0 Å². The summed E-state index contributed by atoms with van der Waals surface area (Å²) in [6.07, 6.45) is 10.3. The quantitative estimate of drug-likeness (QED) is 0.758. The van der Waals surface area contributed by atoms with Gasteiger partial charge < -0.3 is 4.74 Å². The molecular formula is C24H22O2. The standard InChI is InChI=1S/C24H22O2/c1-26-21-12-9-17(10-13-21)5-4-6-18-11-14-23-20(15-18)16-19-7-2-3-8-22(19)24(23)25/h2-3,6-10,12-15H,4-5,11,16H2,1H3. The van der Waals surface area contributed by atoms with Crippen LogP contribution in [0.1, 0.15) is 34.3 Å². The van der Waals surface area contributed by atoms with Crippen LogP contribution in [0.2, 0.25) is 0 Å². The highest BCUT2D eigenvalue weighted by molar-refractivity contribution is 6.14. The fraction of sp³-hybridized carbons (Fsp3) is 0.208. The van der Waals surface area contributed by atoms with Crippen LogP contribution < -0.4 is 4.74 Å². The molecule has 0 spiro atoms. The van der Waals surface area contributed by atoms with E-state index in [-0.39, 0.29) is 5.78 Å². The maximum Gasteiger partial charge on any atom is 0.193 e. The van der Waals surface area contributed by atoms with Crippen LogP contribution in [0.15, 0.2) is 83.5 Å². The fourth-order valence-electron chi connectivity index (χ4n) is 3.70. The van der Waals surface area contributed by atoms with Gasteiger partial charge in [0.1, 0.15) is 5.75 Å². The van der Waals surface area contributed by atoms with E-state index < -0.39 is 0 Å². The first-order chi connectivity index (χ1) is 12.7. The number of ether oxygens (including phenoxy) is 1. The van der Waals surface area contributed by atoms with E-state index in [9.17, 15) is 4.79 Å². The lowest BCUT2D eigenvalue weighted by Gasteiger charge is -2.24. The van der Waals surface area contributed by atoms with Gasteiger partial charge >= 0.3 is 0 Å². The highest BCUT2D eigenvalue weighted by atomic mass is 16.5. The van der Waals surface area contributed by atoms with Gasteiger partial charge in [-0.1, -0.05) is 54.6 Å². The number of rotatable bonds is 4. The zero-order valence-corrected chi connectivity index (χ0v) is 15.0. The van der Waals surface area contributed by atoms with E-state index in [0.29, 0.717) is 0 Å². The molecule has 0 unspecified atom stereocenters. The average molecular weight is 342 g/mol. The summed E-state index contributed by atoms with van der Waals surface area (Å²) in [6.45, 7) is 0. The molecule has 0 radical (unpaired) electrons. The molecule has 130 valence electrons. The van der Waals surface area contributed by atoms with Gasteiger partial charge in [0.15, 0.2) is 5.78 Å². The zero-order chi connectivity index (χ0) is 17.9. The van der Waals surface area contributed by atoms with Crippen molar-refractivity contribution in [2.24, 2.45) is 0 Å². The van der Waals surface area contributed by atoms with Gasteiger partial charge in [-0.05, 0) is 60.1 Å². The van der Waals surface area contributed by atoms with Crippen LogP contribution >= 0.6 is 0 Å². The number of carbonyl (C=O) groups is 1. The number of ketones is 1. The van der Waals surface area contributed by atoms with Crippen molar-refractivity contribution >= 4 is 5.78 Å². The van der Waals surface area contributed by atoms with Gasteiger partial charge in [-0.2, -0.15) is 0 Å². The number of hydrogen-bond acceptors (Lipinski definition) is 2. The van der Waals surface area contributed by atoms with Crippen LogP contribution in [0.4, 0.5) is 0 Å². The molecule has 2 aromatic carbocycles. The summed E-state index contributed by atoms with van der Waals surface area (Å²) in [5.41, 5.74) is 6.68. The monoisotopic (exact) mass is 342 g/mol. The van der Waals surface area contributed by atoms with Crippen LogP contribution in [-0.4, -0.2) is 12.9 Å². The fourth-order valence-corrected chi connectivity index (χ4v) is 3.70. The molecule has 4 rings (SSSR count). The van der Waals surface area contributed by atoms with E-state index in [1.165, 1.54) is 11.1 Å². The third kappa shape index (κ3) is 3.28. The van der Waals surface area contributed by atoms with Gasteiger partial charge in [-0.25, -0.2) is 0 Å². The van der Waals surface area contributed by atoms with Crippen LogP contribution in [0.5, 0.6) is 5.75 Å². The minimum atomic E-state index is 0.176. The van der Waals surface area contributed by atoms with E-state index in [0.717, 1.165) is 53.7 Å². The molecule has 0 saturated carbocycles. The summed E-state index contributed by atoms with van der Waals surface area (Å²) in [5, 5.41) is 0. The topological polar surface area (TPSA) is 26.3 Å². The largest absolute Gasteiger partial charge is 0.497 e. The smallest absolute Gasteiger partial charge is 0.193 e. The van der Waals surface area contributed by atoms with Crippen molar-refractivity contribution in [2.75, 3.05) is 7.11 Å². The molecule has 2 aliphatic carbocycles. The Morgan fingerprint density at radius 3 is 2.69 bits per heavy atom. The maximum absolute atomic E-state index is 12.7. The molecule has 0 fully saturated rings. The molecule has 0 atom stereocenters. The van der Waals surface area contributed by atoms with E-state index >= 15 is 0 Å². The Balaban J connectivity index is 1.46. The average Bonchev–Trinajstić information content (AvgIpc) is 2.68. The molecule has 0 aliphatic heterocycles. The lowest BCUT2D eigenvalue weighted by atomic mass is 9.79. The van der Waals surface area contributed by atoms with Crippen molar-refractivity contribution in [1.29, 1.82) is 0 Å². The summed E-state index contributed by atoms with van der Waals surface area (Å²) < 4.78 is 5.20. The molecule has 2 nitrogen and oxygen atoms in total. The number of fused-ring (bicyclic) bond motifs is 2. The van der Waals surface area contributed by atoms with Gasteiger partial charge in [0, 0.05) is 11.1 Å². The van der Waals surface area contributed by atoms with Crippen LogP contribution in [0.3, 0.4) is 0 Å². The minimum absolute atomic E-state index is 0.176. The Morgan fingerprint density at radius 2 is 1.88 bits per heavy atom. The number of carbonyl (C=O) groups excluding carboxylic acids is 1. The molecule has 2 heteroatoms. The van der Waals surface area contributed by atoms with Crippen molar-refractivity contribution in [3.05, 3.63) is 100 Å². The van der Waals surface area contributed by atoms with Crippen molar-refractivity contribution in [2.45, 2.75) is 25.7 Å². The molecule has 0 saturated heterocycles. The third-order valence-corrected chi connectivity index (χ3v) is 5.13. The lowest BCUT2D eigenvalue weighted by Crippen LogP contribution is -2.18. The van der Waals surface area contributed by atoms with Crippen LogP contribution in [0.25, 0.3) is 0 Å². The van der Waals surface area contributed by atoms with Crippen LogP contribution in [-0.2, 0) is 12.8 Å². The van der Waals surface area contributed by atoms with E-state index in [4.69, 9.17) is 4.74 Å². The first-order valence-electron chi connectivity index (χ1n) is 9.10. The predicted octanol–water partition coefficient (Wildman–Crippen LogP) is 5.25. The zero-order valence-electron chi connectivity index (χ0n) is 15.0. The number of hydrogen-bond donors (Lipinski definition) is 0. The molecule has 0 heterocycles. The van der Waals surface area contributed by atoms with E-state index in [2.05, 4.69) is 36.4 Å². The minimum Gasteiger partial charge on any atom is -0.497 e. The highest BCUT2D eigenvalue weighted by Crippen LogP contribution is 2.34. The molecule has 0 aromatic heterocycles. The maximum atomic E-state index is 12.7. The number of Topliss-reactive ketones (excluding diaryl/α,β-unsaturated/α-hetero) is 1. The Bertz CT molecular complexity index is 927. The predicted molar refractivity (Wildman–Crippen MR) is 105 cm³/mol. The van der Waals surface area contributed by atoms with Crippen molar-refractivity contribution < 1.29 is 9.53 Å².